The average molecular weight is 444 g/mol. The lowest BCUT2D eigenvalue weighted by Gasteiger charge is -2.39. The van der Waals surface area contributed by atoms with E-state index in [4.69, 9.17) is 9.73 Å². The fraction of sp³-hybridized carbons (Fsp3) is 0.609. The third-order valence-corrected chi connectivity index (χ3v) is 6.56. The van der Waals surface area contributed by atoms with Crippen molar-refractivity contribution in [2.24, 2.45) is 10.9 Å². The third-order valence-electron chi connectivity index (χ3n) is 6.56. The van der Waals surface area contributed by atoms with Crippen LogP contribution in [-0.4, -0.2) is 89.3 Å². The van der Waals surface area contributed by atoms with E-state index >= 15 is 0 Å². The number of nitrogens with zero attached hydrogens (tertiary/aromatic N) is 4. The van der Waals surface area contributed by atoms with Gasteiger partial charge in [0.25, 0.3) is 5.91 Å². The van der Waals surface area contributed by atoms with Gasteiger partial charge in [0.05, 0.1) is 6.54 Å². The zero-order chi connectivity index (χ0) is 22.8. The minimum atomic E-state index is -0.830. The molecule has 0 spiro atoms. The minimum Gasteiger partial charge on any atom is -0.491 e. The lowest BCUT2D eigenvalue weighted by molar-refractivity contribution is -0.127. The Balaban J connectivity index is 1.49. The second-order valence-electron chi connectivity index (χ2n) is 8.98. The molecule has 32 heavy (non-hydrogen) atoms. The topological polar surface area (TPSA) is 97.7 Å². The van der Waals surface area contributed by atoms with Gasteiger partial charge < -0.3 is 24.5 Å². The molecule has 3 amide bonds. The number of hydrogen-bond acceptors (Lipinski definition) is 7. The minimum absolute atomic E-state index is 0.0990. The number of amides is 3. The fourth-order valence-electron chi connectivity index (χ4n) is 4.51. The quantitative estimate of drug-likeness (QED) is 0.687. The summed E-state index contributed by atoms with van der Waals surface area (Å²) < 4.78 is 5.82. The molecule has 2 fully saturated rings. The van der Waals surface area contributed by atoms with E-state index in [-0.39, 0.29) is 19.1 Å². The number of nitrogens with one attached hydrogen (secondary N) is 1. The number of guanidine groups is 1. The molecule has 4 rings (SSSR count). The Morgan fingerprint density at radius 3 is 2.75 bits per heavy atom. The molecule has 2 N–H and O–H groups in total. The number of aliphatic hydroxyl groups is 1. The molecule has 3 atom stereocenters. The highest BCUT2D eigenvalue weighted by atomic mass is 16.5. The molecule has 3 unspecified atom stereocenters. The van der Waals surface area contributed by atoms with Crippen LogP contribution in [0.4, 0.5) is 4.79 Å². The summed E-state index contributed by atoms with van der Waals surface area (Å²) in [6.45, 7) is 6.28. The number of carbonyl (C=O) groups is 2. The maximum Gasteiger partial charge on any atom is 0.325 e. The molecule has 0 radical (unpaired) electrons. The van der Waals surface area contributed by atoms with E-state index in [0.717, 1.165) is 32.4 Å². The van der Waals surface area contributed by atoms with Gasteiger partial charge in [-0.2, -0.15) is 0 Å². The van der Waals surface area contributed by atoms with E-state index < -0.39 is 24.3 Å². The van der Waals surface area contributed by atoms with Crippen LogP contribution in [0.5, 0.6) is 5.75 Å². The predicted octanol–water partition coefficient (Wildman–Crippen LogP) is 1.27. The van der Waals surface area contributed by atoms with Crippen LogP contribution in [0.15, 0.2) is 29.3 Å². The Morgan fingerprint density at radius 2 is 2.03 bits per heavy atom. The van der Waals surface area contributed by atoms with Gasteiger partial charge in [0.1, 0.15) is 18.5 Å². The lowest BCUT2D eigenvalue weighted by Crippen LogP contribution is -2.65. The van der Waals surface area contributed by atoms with Crippen LogP contribution in [0.2, 0.25) is 0 Å². The molecule has 1 aromatic carbocycles. The molecule has 2 saturated heterocycles. The highest BCUT2D eigenvalue weighted by Crippen LogP contribution is 2.28. The summed E-state index contributed by atoms with van der Waals surface area (Å²) >= 11 is 0. The van der Waals surface area contributed by atoms with Gasteiger partial charge in [-0.1, -0.05) is 26.0 Å². The highest BCUT2D eigenvalue weighted by Gasteiger charge is 2.50. The Hall–Kier alpha value is -2.81. The van der Waals surface area contributed by atoms with Crippen LogP contribution >= 0.6 is 0 Å². The second-order valence-corrected chi connectivity index (χ2v) is 8.98. The van der Waals surface area contributed by atoms with Crippen molar-refractivity contribution >= 4 is 17.9 Å². The number of aliphatic imine (C=N–C) groups is 1. The first kappa shape index (κ1) is 22.4. The van der Waals surface area contributed by atoms with Crippen LogP contribution in [0.25, 0.3) is 0 Å². The molecule has 3 heterocycles. The van der Waals surface area contributed by atoms with Gasteiger partial charge in [-0.05, 0) is 42.9 Å². The maximum absolute atomic E-state index is 12.7. The van der Waals surface area contributed by atoms with Crippen molar-refractivity contribution in [2.75, 3.05) is 33.3 Å². The molecule has 3 aliphatic heterocycles. The maximum atomic E-state index is 12.7. The van der Waals surface area contributed by atoms with Gasteiger partial charge in [-0.3, -0.25) is 10.1 Å². The van der Waals surface area contributed by atoms with E-state index in [1.165, 1.54) is 10.5 Å². The van der Waals surface area contributed by atoms with Gasteiger partial charge in [-0.15, -0.1) is 0 Å². The molecule has 174 valence electrons. The number of carbonyl (C=O) groups excluding carboxylic acids is 2. The number of β-amino-alcohol motifs (C(OH)–C–C–N with tert-alkyl or cyclic N) is 1. The smallest absolute Gasteiger partial charge is 0.325 e. The number of imide groups is 1. The summed E-state index contributed by atoms with van der Waals surface area (Å²) in [6.07, 6.45) is 1.57. The number of likely N-dealkylation sites (N-methyl/N-ethyl adjacent to an activating group) is 1. The molecule has 3 aliphatic rings. The van der Waals surface area contributed by atoms with Crippen LogP contribution in [0.1, 0.15) is 32.3 Å². The molecule has 9 heteroatoms. The van der Waals surface area contributed by atoms with Crippen molar-refractivity contribution in [3.63, 3.8) is 0 Å². The second kappa shape index (κ2) is 9.36. The van der Waals surface area contributed by atoms with E-state index in [0.29, 0.717) is 17.6 Å². The van der Waals surface area contributed by atoms with Crippen molar-refractivity contribution in [1.29, 1.82) is 0 Å². The number of urea groups is 1. The van der Waals surface area contributed by atoms with E-state index in [2.05, 4.69) is 24.1 Å². The first-order valence-corrected chi connectivity index (χ1v) is 11.4. The van der Waals surface area contributed by atoms with Crippen molar-refractivity contribution in [3.05, 3.63) is 29.8 Å². The number of ether oxygens (including phenoxy) is 1. The fourth-order valence-corrected chi connectivity index (χ4v) is 4.51. The Labute approximate surface area is 189 Å². The molecule has 0 bridgehead atoms. The van der Waals surface area contributed by atoms with Crippen LogP contribution in [0, 0.1) is 5.92 Å². The number of benzene rings is 1. The number of aryl methyl sites for hydroxylation is 1. The van der Waals surface area contributed by atoms with Crippen molar-refractivity contribution < 1.29 is 19.4 Å². The highest BCUT2D eigenvalue weighted by molar-refractivity contribution is 6.03. The molecule has 1 aromatic rings. The molecular formula is C23H33N5O4. The SMILES string of the molecule is CCc1cccc(OCC(O)CN2C(N3CCC(C)CC3)=NC3C2C(=O)NC(=O)N3C)c1. The average Bonchev–Trinajstić information content (AvgIpc) is 3.16. The van der Waals surface area contributed by atoms with Crippen LogP contribution in [-0.2, 0) is 11.2 Å². The first-order chi connectivity index (χ1) is 15.4. The van der Waals surface area contributed by atoms with Crippen molar-refractivity contribution in [1.82, 2.24) is 20.0 Å². The largest absolute Gasteiger partial charge is 0.491 e. The van der Waals surface area contributed by atoms with Gasteiger partial charge >= 0.3 is 6.03 Å². The van der Waals surface area contributed by atoms with Gasteiger partial charge in [0.15, 0.2) is 18.2 Å². The van der Waals surface area contributed by atoms with Crippen LogP contribution in [0.3, 0.4) is 0 Å². The summed E-state index contributed by atoms with van der Waals surface area (Å²) in [4.78, 5) is 35.1. The summed E-state index contributed by atoms with van der Waals surface area (Å²) in [5.74, 6) is 1.65. The number of piperidine rings is 1. The van der Waals surface area contributed by atoms with Gasteiger partial charge in [-0.25, -0.2) is 9.79 Å². The summed E-state index contributed by atoms with van der Waals surface area (Å²) in [6, 6.07) is 6.70. The molecular weight excluding hydrogens is 410 g/mol. The Bertz CT molecular complexity index is 883. The summed E-state index contributed by atoms with van der Waals surface area (Å²) in [7, 11) is 1.64. The Kier molecular flexibility index (Phi) is 6.55. The summed E-state index contributed by atoms with van der Waals surface area (Å²) in [5.41, 5.74) is 1.17. The zero-order valence-corrected chi connectivity index (χ0v) is 19.0. The van der Waals surface area contributed by atoms with E-state index in [9.17, 15) is 14.7 Å². The predicted molar refractivity (Wildman–Crippen MR) is 120 cm³/mol. The standard InChI is InChI=1S/C23H33N5O4/c1-4-16-6-5-7-18(12-16)32-14-17(29)13-28-19-20(26(3)23(31)25-21(19)30)24-22(28)27-10-8-15(2)9-11-27/h5-7,12,15,17,19-20,29H,4,8-11,13-14H2,1-3H3,(H,25,30,31). The number of likely N-dealkylation sites (tertiary alicyclic amines) is 1. The normalized spacial score (nSPS) is 24.9. The Morgan fingerprint density at radius 1 is 1.28 bits per heavy atom. The van der Waals surface area contributed by atoms with E-state index in [1.807, 2.05) is 29.2 Å². The van der Waals surface area contributed by atoms with E-state index in [1.54, 1.807) is 7.05 Å². The molecule has 0 aliphatic carbocycles. The van der Waals surface area contributed by atoms with Crippen LogP contribution < -0.4 is 10.1 Å². The molecule has 0 aromatic heterocycles. The van der Waals surface area contributed by atoms with Crippen molar-refractivity contribution in [3.8, 4) is 5.75 Å². The first-order valence-electron chi connectivity index (χ1n) is 11.4. The number of aliphatic hydroxyl groups excluding tert-OH is 1. The van der Waals surface area contributed by atoms with Gasteiger partial charge in [0.2, 0.25) is 0 Å². The summed E-state index contributed by atoms with van der Waals surface area (Å²) in [5, 5.41) is 13.2. The molecule has 0 saturated carbocycles. The van der Waals surface area contributed by atoms with Crippen molar-refractivity contribution in [2.45, 2.75) is 51.4 Å². The number of fused-ring (bicyclic) bond motifs is 1. The number of rotatable bonds is 6. The third kappa shape index (κ3) is 4.53. The number of hydrogen-bond donors (Lipinski definition) is 2. The van der Waals surface area contributed by atoms with Gasteiger partial charge in [0, 0.05) is 20.1 Å². The lowest BCUT2D eigenvalue weighted by atomic mass is 9.99. The monoisotopic (exact) mass is 443 g/mol. The zero-order valence-electron chi connectivity index (χ0n) is 19.0. The molecule has 9 nitrogen and oxygen atoms in total.